The molecule has 0 fully saturated rings. The molecule has 1 aromatic rings. The van der Waals surface area contributed by atoms with E-state index in [9.17, 15) is 4.79 Å². The first kappa shape index (κ1) is 13.6. The van der Waals surface area contributed by atoms with Crippen LogP contribution < -0.4 is 5.32 Å². The largest absolute Gasteiger partial charge is 0.338 e. The van der Waals surface area contributed by atoms with Crippen LogP contribution in [-0.4, -0.2) is 11.9 Å². The van der Waals surface area contributed by atoms with Gasteiger partial charge in [0.15, 0.2) is 0 Å². The zero-order valence-corrected chi connectivity index (χ0v) is 10.8. The van der Waals surface area contributed by atoms with Crippen LogP contribution in [0.4, 0.5) is 0 Å². The van der Waals surface area contributed by atoms with Crippen molar-refractivity contribution in [2.45, 2.75) is 32.7 Å². The maximum atomic E-state index is 12.0. The standard InChI is InChI=1S/C14H16ClNO/c1-4-6-12(5-2)16-14(17)13-8-7-11(15)9-10(13)3/h2,7-9,12H,4,6H2,1,3H3,(H,16,17). The second-order valence-corrected chi connectivity index (χ2v) is 4.38. The molecular weight excluding hydrogens is 234 g/mol. The maximum absolute atomic E-state index is 12.0. The normalized spacial score (nSPS) is 11.6. The second kappa shape index (κ2) is 6.32. The van der Waals surface area contributed by atoms with Crippen LogP contribution >= 0.6 is 11.6 Å². The number of hydrogen-bond acceptors (Lipinski definition) is 1. The van der Waals surface area contributed by atoms with Gasteiger partial charge in [-0.2, -0.15) is 0 Å². The molecule has 0 spiro atoms. The molecule has 0 saturated carbocycles. The monoisotopic (exact) mass is 249 g/mol. The van der Waals surface area contributed by atoms with E-state index in [-0.39, 0.29) is 11.9 Å². The molecular formula is C14H16ClNO. The molecule has 0 radical (unpaired) electrons. The van der Waals surface area contributed by atoms with Crippen LogP contribution in [0.3, 0.4) is 0 Å². The lowest BCUT2D eigenvalue weighted by Gasteiger charge is -2.13. The van der Waals surface area contributed by atoms with E-state index in [2.05, 4.69) is 11.2 Å². The number of rotatable bonds is 4. The summed E-state index contributed by atoms with van der Waals surface area (Å²) in [6, 6.07) is 4.98. The molecule has 1 unspecified atom stereocenters. The van der Waals surface area contributed by atoms with Crippen molar-refractivity contribution < 1.29 is 4.79 Å². The molecule has 0 saturated heterocycles. The quantitative estimate of drug-likeness (QED) is 0.816. The molecule has 1 atom stereocenters. The van der Waals surface area contributed by atoms with Gasteiger partial charge in [-0.25, -0.2) is 0 Å². The topological polar surface area (TPSA) is 29.1 Å². The number of amides is 1. The Labute approximate surface area is 107 Å². The summed E-state index contributed by atoms with van der Waals surface area (Å²) in [6.45, 7) is 3.88. The van der Waals surface area contributed by atoms with Crippen LogP contribution in [0, 0.1) is 19.3 Å². The van der Waals surface area contributed by atoms with Crippen molar-refractivity contribution >= 4 is 17.5 Å². The molecule has 90 valence electrons. The van der Waals surface area contributed by atoms with Gasteiger partial charge < -0.3 is 5.32 Å². The number of nitrogens with one attached hydrogen (secondary N) is 1. The molecule has 3 heteroatoms. The van der Waals surface area contributed by atoms with Gasteiger partial charge in [0.25, 0.3) is 5.91 Å². The van der Waals surface area contributed by atoms with Crippen LogP contribution in [-0.2, 0) is 0 Å². The molecule has 0 aliphatic heterocycles. The minimum Gasteiger partial charge on any atom is -0.338 e. The summed E-state index contributed by atoms with van der Waals surface area (Å²) < 4.78 is 0. The van der Waals surface area contributed by atoms with Gasteiger partial charge in [-0.3, -0.25) is 4.79 Å². The minimum absolute atomic E-state index is 0.143. The van der Waals surface area contributed by atoms with E-state index in [1.54, 1.807) is 18.2 Å². The summed E-state index contributed by atoms with van der Waals surface area (Å²) in [5.41, 5.74) is 1.47. The Morgan fingerprint density at radius 2 is 2.29 bits per heavy atom. The Kier molecular flexibility index (Phi) is 5.06. The van der Waals surface area contributed by atoms with Gasteiger partial charge in [-0.15, -0.1) is 6.42 Å². The van der Waals surface area contributed by atoms with E-state index < -0.39 is 0 Å². The summed E-state index contributed by atoms with van der Waals surface area (Å²) in [5, 5.41) is 3.45. The fraction of sp³-hybridized carbons (Fsp3) is 0.357. The van der Waals surface area contributed by atoms with Gasteiger partial charge in [-0.05, 0) is 37.1 Å². The fourth-order valence-corrected chi connectivity index (χ4v) is 1.83. The lowest BCUT2D eigenvalue weighted by atomic mass is 10.1. The predicted molar refractivity (Wildman–Crippen MR) is 71.2 cm³/mol. The third-order valence-electron chi connectivity index (χ3n) is 2.52. The highest BCUT2D eigenvalue weighted by Crippen LogP contribution is 2.15. The molecule has 0 aromatic heterocycles. The van der Waals surface area contributed by atoms with Crippen molar-refractivity contribution in [2.75, 3.05) is 0 Å². The van der Waals surface area contributed by atoms with Gasteiger partial charge in [0.05, 0.1) is 6.04 Å². The number of carbonyl (C=O) groups is 1. The van der Waals surface area contributed by atoms with Gasteiger partial charge in [0.1, 0.15) is 0 Å². The number of benzene rings is 1. The van der Waals surface area contributed by atoms with E-state index in [0.717, 1.165) is 18.4 Å². The molecule has 1 amide bonds. The summed E-state index contributed by atoms with van der Waals surface area (Å²) in [5.74, 6) is 2.43. The SMILES string of the molecule is C#CC(CCC)NC(=O)c1ccc(Cl)cc1C. The van der Waals surface area contributed by atoms with Crippen LogP contribution in [0.25, 0.3) is 0 Å². The zero-order chi connectivity index (χ0) is 12.8. The number of carbonyl (C=O) groups excluding carboxylic acids is 1. The minimum atomic E-state index is -0.206. The number of terminal acetylenes is 1. The van der Waals surface area contributed by atoms with Crippen LogP contribution in [0.15, 0.2) is 18.2 Å². The van der Waals surface area contributed by atoms with Crippen molar-refractivity contribution in [2.24, 2.45) is 0 Å². The summed E-state index contributed by atoms with van der Waals surface area (Å²) in [6.07, 6.45) is 7.09. The average Bonchev–Trinajstić information content (AvgIpc) is 2.28. The van der Waals surface area contributed by atoms with Gasteiger partial charge in [0, 0.05) is 10.6 Å². The first-order chi connectivity index (χ1) is 8.08. The fourth-order valence-electron chi connectivity index (χ4n) is 1.60. The van der Waals surface area contributed by atoms with E-state index in [0.29, 0.717) is 10.6 Å². The molecule has 1 aromatic carbocycles. The van der Waals surface area contributed by atoms with Crippen LogP contribution in [0.1, 0.15) is 35.7 Å². The first-order valence-corrected chi connectivity index (χ1v) is 5.99. The maximum Gasteiger partial charge on any atom is 0.252 e. The highest BCUT2D eigenvalue weighted by Gasteiger charge is 2.12. The number of aryl methyl sites for hydroxylation is 1. The van der Waals surface area contributed by atoms with E-state index >= 15 is 0 Å². The van der Waals surface area contributed by atoms with Crippen molar-refractivity contribution in [1.29, 1.82) is 0 Å². The van der Waals surface area contributed by atoms with Gasteiger partial charge in [-0.1, -0.05) is 30.9 Å². The van der Waals surface area contributed by atoms with Crippen molar-refractivity contribution in [3.8, 4) is 12.3 Å². The average molecular weight is 250 g/mol. The molecule has 2 nitrogen and oxygen atoms in total. The van der Waals surface area contributed by atoms with Crippen molar-refractivity contribution in [1.82, 2.24) is 5.32 Å². The predicted octanol–water partition coefficient (Wildman–Crippen LogP) is 3.18. The van der Waals surface area contributed by atoms with Crippen molar-refractivity contribution in [3.05, 3.63) is 34.3 Å². The Hall–Kier alpha value is -1.46. The smallest absolute Gasteiger partial charge is 0.252 e. The number of hydrogen-bond donors (Lipinski definition) is 1. The molecule has 0 aliphatic carbocycles. The van der Waals surface area contributed by atoms with Crippen LogP contribution in [0.2, 0.25) is 5.02 Å². The zero-order valence-electron chi connectivity index (χ0n) is 10.1. The van der Waals surface area contributed by atoms with Crippen LogP contribution in [0.5, 0.6) is 0 Å². The molecule has 0 aliphatic rings. The second-order valence-electron chi connectivity index (χ2n) is 3.94. The Morgan fingerprint density at radius 3 is 2.82 bits per heavy atom. The molecule has 0 heterocycles. The van der Waals surface area contributed by atoms with E-state index in [1.807, 2.05) is 13.8 Å². The lowest BCUT2D eigenvalue weighted by molar-refractivity contribution is 0.0943. The highest BCUT2D eigenvalue weighted by atomic mass is 35.5. The third kappa shape index (κ3) is 3.80. The third-order valence-corrected chi connectivity index (χ3v) is 2.75. The molecule has 1 N–H and O–H groups in total. The van der Waals surface area contributed by atoms with E-state index in [1.165, 1.54) is 0 Å². The first-order valence-electron chi connectivity index (χ1n) is 5.61. The highest BCUT2D eigenvalue weighted by molar-refractivity contribution is 6.30. The van der Waals surface area contributed by atoms with Crippen molar-refractivity contribution in [3.63, 3.8) is 0 Å². The summed E-state index contributed by atoms with van der Waals surface area (Å²) in [7, 11) is 0. The Morgan fingerprint density at radius 1 is 1.59 bits per heavy atom. The summed E-state index contributed by atoms with van der Waals surface area (Å²) in [4.78, 5) is 12.0. The van der Waals surface area contributed by atoms with Gasteiger partial charge in [0.2, 0.25) is 0 Å². The molecule has 17 heavy (non-hydrogen) atoms. The number of halogens is 1. The molecule has 1 rings (SSSR count). The lowest BCUT2D eigenvalue weighted by Crippen LogP contribution is -2.34. The van der Waals surface area contributed by atoms with E-state index in [4.69, 9.17) is 18.0 Å². The molecule has 0 bridgehead atoms. The van der Waals surface area contributed by atoms with Gasteiger partial charge >= 0.3 is 0 Å². The Bertz CT molecular complexity index is 448. The Balaban J connectivity index is 2.79. The summed E-state index contributed by atoms with van der Waals surface area (Å²) >= 11 is 5.84.